The molecule has 1 aromatic rings. The second kappa shape index (κ2) is 9.06. The minimum Gasteiger partial charge on any atom is -0.465 e. The van der Waals surface area contributed by atoms with Gasteiger partial charge in [-0.25, -0.2) is 13.2 Å². The zero-order chi connectivity index (χ0) is 21.9. The van der Waals surface area contributed by atoms with Gasteiger partial charge in [-0.3, -0.25) is 4.79 Å². The predicted octanol–water partition coefficient (Wildman–Crippen LogP) is 2.96. The molecule has 1 saturated heterocycles. The number of esters is 1. The van der Waals surface area contributed by atoms with E-state index in [4.69, 9.17) is 4.74 Å². The first kappa shape index (κ1) is 22.7. The Morgan fingerprint density at radius 3 is 2.30 bits per heavy atom. The molecule has 166 valence electrons. The van der Waals surface area contributed by atoms with Crippen LogP contribution in [0.2, 0.25) is 0 Å². The maximum Gasteiger partial charge on any atom is 0.339 e. The molecule has 1 aliphatic heterocycles. The van der Waals surface area contributed by atoms with E-state index in [1.165, 1.54) is 23.5 Å². The molecule has 0 spiro atoms. The number of methoxy groups -OCH3 is 1. The molecule has 30 heavy (non-hydrogen) atoms. The fraction of sp³-hybridized carbons (Fsp3) is 0.636. The Labute approximate surface area is 179 Å². The van der Waals surface area contributed by atoms with Gasteiger partial charge in [-0.1, -0.05) is 19.1 Å². The summed E-state index contributed by atoms with van der Waals surface area (Å²) < 4.78 is 32.3. The van der Waals surface area contributed by atoms with Gasteiger partial charge in [0.15, 0.2) is 0 Å². The lowest BCUT2D eigenvalue weighted by Crippen LogP contribution is -2.52. The van der Waals surface area contributed by atoms with Crippen molar-refractivity contribution in [2.45, 2.75) is 62.8 Å². The number of piperidine rings is 1. The number of rotatable bonds is 5. The molecule has 2 fully saturated rings. The van der Waals surface area contributed by atoms with E-state index in [1.807, 2.05) is 0 Å². The molecule has 0 atom stereocenters. The Morgan fingerprint density at radius 1 is 1.10 bits per heavy atom. The third kappa shape index (κ3) is 4.86. The summed E-state index contributed by atoms with van der Waals surface area (Å²) in [5.41, 5.74) is -0.133. The molecule has 3 rings (SSSR count). The first-order chi connectivity index (χ1) is 14.2. The van der Waals surface area contributed by atoms with Crippen LogP contribution in [0.3, 0.4) is 0 Å². The number of amides is 1. The fourth-order valence-electron chi connectivity index (χ4n) is 4.39. The largest absolute Gasteiger partial charge is 0.465 e. The summed E-state index contributed by atoms with van der Waals surface area (Å²) >= 11 is 0. The summed E-state index contributed by atoms with van der Waals surface area (Å²) in [6.45, 7) is 4.86. The Kier molecular flexibility index (Phi) is 6.87. The Hall–Kier alpha value is -1.93. The number of hydrogen-bond donors (Lipinski definition) is 1. The second-order valence-electron chi connectivity index (χ2n) is 8.90. The molecule has 8 heteroatoms. The van der Waals surface area contributed by atoms with Crippen molar-refractivity contribution in [2.24, 2.45) is 11.8 Å². The van der Waals surface area contributed by atoms with Crippen molar-refractivity contribution in [1.82, 2.24) is 9.62 Å². The molecule has 0 unspecified atom stereocenters. The summed E-state index contributed by atoms with van der Waals surface area (Å²) in [6, 6.07) is 6.07. The van der Waals surface area contributed by atoms with Gasteiger partial charge >= 0.3 is 5.97 Å². The molecular formula is C22H32N2O5S. The van der Waals surface area contributed by atoms with E-state index in [9.17, 15) is 18.0 Å². The van der Waals surface area contributed by atoms with Gasteiger partial charge in [0.1, 0.15) is 0 Å². The van der Waals surface area contributed by atoms with Crippen molar-refractivity contribution in [2.75, 3.05) is 20.2 Å². The number of nitrogens with zero attached hydrogens (tertiary/aromatic N) is 1. The molecule has 1 saturated carbocycles. The number of hydrogen-bond acceptors (Lipinski definition) is 5. The third-order valence-electron chi connectivity index (χ3n) is 6.54. The van der Waals surface area contributed by atoms with Crippen LogP contribution in [-0.4, -0.2) is 50.3 Å². The highest BCUT2D eigenvalue weighted by Crippen LogP contribution is 2.32. The van der Waals surface area contributed by atoms with Crippen molar-refractivity contribution in [3.05, 3.63) is 29.8 Å². The van der Waals surface area contributed by atoms with Crippen molar-refractivity contribution in [3.8, 4) is 0 Å². The van der Waals surface area contributed by atoms with Crippen molar-refractivity contribution >= 4 is 21.9 Å². The van der Waals surface area contributed by atoms with Crippen molar-refractivity contribution < 1.29 is 22.7 Å². The van der Waals surface area contributed by atoms with Crippen LogP contribution in [0, 0.1) is 11.8 Å². The Morgan fingerprint density at radius 2 is 1.70 bits per heavy atom. The molecule has 1 heterocycles. The van der Waals surface area contributed by atoms with E-state index >= 15 is 0 Å². The van der Waals surface area contributed by atoms with E-state index in [1.54, 1.807) is 12.1 Å². The highest BCUT2D eigenvalue weighted by molar-refractivity contribution is 7.89. The minimum absolute atomic E-state index is 0.0269. The van der Waals surface area contributed by atoms with Gasteiger partial charge in [0.05, 0.1) is 17.6 Å². The number of sulfonamides is 1. The molecule has 0 aromatic heterocycles. The van der Waals surface area contributed by atoms with Crippen LogP contribution < -0.4 is 5.32 Å². The van der Waals surface area contributed by atoms with Crippen LogP contribution in [0.1, 0.15) is 62.7 Å². The highest BCUT2D eigenvalue weighted by Gasteiger charge is 2.37. The lowest BCUT2D eigenvalue weighted by molar-refractivity contribution is -0.128. The SMILES string of the molecule is COC(=O)c1ccccc1S(=O)(=O)N1CCC(C(=O)NC2(C)CCC(C)CC2)CC1. The number of nitrogens with one attached hydrogen (secondary N) is 1. The van der Waals surface area contributed by atoms with E-state index in [0.29, 0.717) is 18.8 Å². The molecule has 1 aliphatic carbocycles. The molecule has 2 aliphatic rings. The number of carbonyl (C=O) groups is 2. The van der Waals surface area contributed by atoms with Gasteiger partial charge in [0, 0.05) is 24.5 Å². The van der Waals surface area contributed by atoms with Crippen LogP contribution in [0.15, 0.2) is 29.2 Å². The zero-order valence-electron chi connectivity index (χ0n) is 18.0. The first-order valence-electron chi connectivity index (χ1n) is 10.7. The molecular weight excluding hydrogens is 404 g/mol. The summed E-state index contributed by atoms with van der Waals surface area (Å²) in [5.74, 6) is -0.141. The molecule has 7 nitrogen and oxygen atoms in total. The van der Waals surface area contributed by atoms with E-state index in [0.717, 1.165) is 25.7 Å². The maximum absolute atomic E-state index is 13.1. The Bertz CT molecular complexity index is 883. The topological polar surface area (TPSA) is 92.8 Å². The van der Waals surface area contributed by atoms with E-state index in [-0.39, 0.29) is 40.9 Å². The van der Waals surface area contributed by atoms with Gasteiger partial charge in [0.2, 0.25) is 15.9 Å². The molecule has 1 aromatic carbocycles. The van der Waals surface area contributed by atoms with Crippen LogP contribution in [0.5, 0.6) is 0 Å². The zero-order valence-corrected chi connectivity index (χ0v) is 18.8. The molecule has 1 amide bonds. The van der Waals surface area contributed by atoms with Gasteiger partial charge in [0.25, 0.3) is 0 Å². The standard InChI is InChI=1S/C22H32N2O5S/c1-16-8-12-22(2,13-9-16)23-20(25)17-10-14-24(15-11-17)30(27,28)19-7-5-4-6-18(19)21(26)29-3/h4-7,16-17H,8-15H2,1-3H3,(H,23,25). The average molecular weight is 437 g/mol. The van der Waals surface area contributed by atoms with Crippen molar-refractivity contribution in [3.63, 3.8) is 0 Å². The summed E-state index contributed by atoms with van der Waals surface area (Å²) in [6.07, 6.45) is 5.14. The van der Waals surface area contributed by atoms with Gasteiger partial charge in [-0.2, -0.15) is 4.31 Å². The van der Waals surface area contributed by atoms with Gasteiger partial charge < -0.3 is 10.1 Å². The quantitative estimate of drug-likeness (QED) is 0.717. The smallest absolute Gasteiger partial charge is 0.339 e. The molecule has 1 N–H and O–H groups in total. The minimum atomic E-state index is -3.84. The average Bonchev–Trinajstić information content (AvgIpc) is 2.75. The Balaban J connectivity index is 1.64. The maximum atomic E-state index is 13.1. The lowest BCUT2D eigenvalue weighted by Gasteiger charge is -2.39. The van der Waals surface area contributed by atoms with Crippen LogP contribution >= 0.6 is 0 Å². The number of carbonyl (C=O) groups excluding carboxylic acids is 2. The van der Waals surface area contributed by atoms with Crippen LogP contribution in [0.4, 0.5) is 0 Å². The molecule has 0 bridgehead atoms. The van der Waals surface area contributed by atoms with Gasteiger partial charge in [-0.15, -0.1) is 0 Å². The number of ether oxygens (including phenoxy) is 1. The van der Waals surface area contributed by atoms with E-state index < -0.39 is 16.0 Å². The highest BCUT2D eigenvalue weighted by atomic mass is 32.2. The third-order valence-corrected chi connectivity index (χ3v) is 8.49. The number of benzene rings is 1. The first-order valence-corrected chi connectivity index (χ1v) is 12.1. The predicted molar refractivity (Wildman–Crippen MR) is 113 cm³/mol. The lowest BCUT2D eigenvalue weighted by atomic mass is 9.78. The second-order valence-corrected chi connectivity index (χ2v) is 10.8. The monoisotopic (exact) mass is 436 g/mol. The van der Waals surface area contributed by atoms with Crippen LogP contribution in [-0.2, 0) is 19.6 Å². The summed E-state index contributed by atoms with van der Waals surface area (Å²) in [7, 11) is -2.62. The fourth-order valence-corrected chi connectivity index (χ4v) is 6.04. The van der Waals surface area contributed by atoms with E-state index in [2.05, 4.69) is 19.2 Å². The normalized spacial score (nSPS) is 26.2. The van der Waals surface area contributed by atoms with Crippen molar-refractivity contribution in [1.29, 1.82) is 0 Å². The summed E-state index contributed by atoms with van der Waals surface area (Å²) in [4.78, 5) is 24.8. The molecule has 0 radical (unpaired) electrons. The van der Waals surface area contributed by atoms with Crippen LogP contribution in [0.25, 0.3) is 0 Å². The summed E-state index contributed by atoms with van der Waals surface area (Å²) in [5, 5.41) is 3.23. The van der Waals surface area contributed by atoms with Gasteiger partial charge in [-0.05, 0) is 63.5 Å².